The molecule has 0 amide bonds. The van der Waals surface area contributed by atoms with Gasteiger partial charge in [-0.2, -0.15) is 5.10 Å². The van der Waals surface area contributed by atoms with Gasteiger partial charge in [-0.3, -0.25) is 4.79 Å². The third kappa shape index (κ3) is 3.19. The van der Waals surface area contributed by atoms with Gasteiger partial charge in [0, 0.05) is 16.1 Å². The second-order valence-electron chi connectivity index (χ2n) is 3.81. The van der Waals surface area contributed by atoms with E-state index in [4.69, 9.17) is 10.9 Å². The van der Waals surface area contributed by atoms with Crippen LogP contribution in [-0.4, -0.2) is 20.8 Å². The van der Waals surface area contributed by atoms with Gasteiger partial charge in [0.05, 0.1) is 5.69 Å². The van der Waals surface area contributed by atoms with Crippen LogP contribution in [0.15, 0.2) is 50.8 Å². The van der Waals surface area contributed by atoms with E-state index in [1.54, 1.807) is 6.07 Å². The maximum Gasteiger partial charge on any atom is 0.267 e. The lowest BCUT2D eigenvalue weighted by molar-refractivity contribution is 0.315. The molecule has 1 aromatic heterocycles. The Morgan fingerprint density at radius 3 is 2.63 bits per heavy atom. The van der Waals surface area contributed by atoms with E-state index >= 15 is 0 Å². The molecule has 0 spiro atoms. The second kappa shape index (κ2) is 5.66. The highest BCUT2D eigenvalue weighted by Gasteiger charge is 2.05. The summed E-state index contributed by atoms with van der Waals surface area (Å²) in [6.45, 7) is -0.0559. The van der Waals surface area contributed by atoms with Crippen molar-refractivity contribution >= 4 is 21.8 Å². The molecule has 0 fully saturated rings. The van der Waals surface area contributed by atoms with Crippen molar-refractivity contribution in [1.29, 1.82) is 0 Å². The minimum Gasteiger partial charge on any atom is -0.409 e. The van der Waals surface area contributed by atoms with Gasteiger partial charge in [0.2, 0.25) is 0 Å². The van der Waals surface area contributed by atoms with Crippen molar-refractivity contribution in [2.45, 2.75) is 6.54 Å². The number of hydrogen-bond donors (Lipinski definition) is 2. The average Bonchev–Trinajstić information content (AvgIpc) is 2.42. The molecule has 2 rings (SSSR count). The number of rotatable bonds is 3. The van der Waals surface area contributed by atoms with Crippen molar-refractivity contribution in [1.82, 2.24) is 9.78 Å². The summed E-state index contributed by atoms with van der Waals surface area (Å²) < 4.78 is 2.10. The second-order valence-corrected chi connectivity index (χ2v) is 4.73. The molecule has 98 valence electrons. The summed E-state index contributed by atoms with van der Waals surface area (Å²) in [5.41, 5.74) is 6.57. The Hall–Kier alpha value is -2.15. The van der Waals surface area contributed by atoms with Gasteiger partial charge in [0.15, 0.2) is 5.84 Å². The molecule has 1 aromatic carbocycles. The first-order chi connectivity index (χ1) is 9.10. The molecule has 0 saturated heterocycles. The number of nitrogens with zero attached hydrogens (tertiary/aromatic N) is 3. The molecule has 0 unspecified atom stereocenters. The smallest absolute Gasteiger partial charge is 0.267 e. The molecule has 0 aliphatic rings. The van der Waals surface area contributed by atoms with E-state index in [1.807, 2.05) is 24.3 Å². The molecule has 3 N–H and O–H groups in total. The van der Waals surface area contributed by atoms with E-state index in [0.29, 0.717) is 5.69 Å². The SMILES string of the molecule is N/C(Cn1nc(-c2ccc(Br)cc2)ccc1=O)=N\O. The lowest BCUT2D eigenvalue weighted by Crippen LogP contribution is -2.29. The Morgan fingerprint density at radius 2 is 2.00 bits per heavy atom. The number of nitrogens with two attached hydrogens (primary N) is 1. The Kier molecular flexibility index (Phi) is 3.96. The predicted molar refractivity (Wildman–Crippen MR) is 75.0 cm³/mol. The first kappa shape index (κ1) is 13.3. The van der Waals surface area contributed by atoms with Crippen molar-refractivity contribution in [2.75, 3.05) is 0 Å². The van der Waals surface area contributed by atoms with E-state index < -0.39 is 0 Å². The van der Waals surface area contributed by atoms with Crippen LogP contribution >= 0.6 is 15.9 Å². The number of halogens is 1. The Bertz CT molecular complexity index is 664. The molecule has 19 heavy (non-hydrogen) atoms. The van der Waals surface area contributed by atoms with Crippen LogP contribution in [0.4, 0.5) is 0 Å². The monoisotopic (exact) mass is 322 g/mol. The fraction of sp³-hybridized carbons (Fsp3) is 0.0833. The van der Waals surface area contributed by atoms with E-state index in [9.17, 15) is 4.79 Å². The van der Waals surface area contributed by atoms with E-state index in [2.05, 4.69) is 26.2 Å². The van der Waals surface area contributed by atoms with Crippen LogP contribution in [0, 0.1) is 0 Å². The number of benzene rings is 1. The van der Waals surface area contributed by atoms with Gasteiger partial charge in [0.25, 0.3) is 5.56 Å². The lowest BCUT2D eigenvalue weighted by atomic mass is 10.1. The van der Waals surface area contributed by atoms with Crippen LogP contribution in [0.25, 0.3) is 11.3 Å². The standard InChI is InChI=1S/C12H11BrN4O2/c13-9-3-1-8(2-4-9)10-5-6-12(18)17(15-10)7-11(14)16-19/h1-6,19H,7H2,(H2,14,16). The topological polar surface area (TPSA) is 93.5 Å². The van der Waals surface area contributed by atoms with E-state index in [0.717, 1.165) is 14.7 Å². The van der Waals surface area contributed by atoms with Gasteiger partial charge >= 0.3 is 0 Å². The van der Waals surface area contributed by atoms with E-state index in [1.165, 1.54) is 6.07 Å². The van der Waals surface area contributed by atoms with Gasteiger partial charge in [-0.25, -0.2) is 4.68 Å². The van der Waals surface area contributed by atoms with Crippen LogP contribution in [0.2, 0.25) is 0 Å². The van der Waals surface area contributed by atoms with Crippen molar-refractivity contribution in [3.63, 3.8) is 0 Å². The van der Waals surface area contributed by atoms with Gasteiger partial charge < -0.3 is 10.9 Å². The third-order valence-corrected chi connectivity index (χ3v) is 2.98. The summed E-state index contributed by atoms with van der Waals surface area (Å²) in [4.78, 5) is 11.6. The molecule has 6 nitrogen and oxygen atoms in total. The molecule has 0 bridgehead atoms. The third-order valence-electron chi connectivity index (χ3n) is 2.45. The Morgan fingerprint density at radius 1 is 1.32 bits per heavy atom. The summed E-state index contributed by atoms with van der Waals surface area (Å²) in [6, 6.07) is 10.6. The molecule has 0 atom stereocenters. The molecule has 0 radical (unpaired) electrons. The number of aromatic nitrogens is 2. The molecule has 7 heteroatoms. The zero-order chi connectivity index (χ0) is 13.8. The van der Waals surface area contributed by atoms with Crippen LogP contribution in [0.5, 0.6) is 0 Å². The van der Waals surface area contributed by atoms with Crippen molar-refractivity contribution in [3.05, 3.63) is 51.2 Å². The number of hydrogen-bond acceptors (Lipinski definition) is 4. The molecule has 2 aromatic rings. The molecular weight excluding hydrogens is 312 g/mol. The van der Waals surface area contributed by atoms with Gasteiger partial charge in [-0.05, 0) is 18.2 Å². The Labute approximate surface area is 117 Å². The maximum absolute atomic E-state index is 11.6. The Balaban J connectivity index is 2.40. The van der Waals surface area contributed by atoms with Crippen LogP contribution in [0.1, 0.15) is 0 Å². The van der Waals surface area contributed by atoms with Crippen molar-refractivity contribution in [2.24, 2.45) is 10.9 Å². The first-order valence-corrected chi connectivity index (χ1v) is 6.20. The number of oxime groups is 1. The minimum absolute atomic E-state index is 0.0559. The predicted octanol–water partition coefficient (Wildman–Crippen LogP) is 1.42. The molecule has 0 aliphatic heterocycles. The normalized spacial score (nSPS) is 11.5. The molecule has 0 aliphatic carbocycles. The zero-order valence-electron chi connectivity index (χ0n) is 9.82. The van der Waals surface area contributed by atoms with Crippen LogP contribution in [0.3, 0.4) is 0 Å². The highest BCUT2D eigenvalue weighted by molar-refractivity contribution is 9.10. The van der Waals surface area contributed by atoms with Crippen LogP contribution < -0.4 is 11.3 Å². The van der Waals surface area contributed by atoms with Crippen molar-refractivity contribution in [3.8, 4) is 11.3 Å². The average molecular weight is 323 g/mol. The number of amidine groups is 1. The fourth-order valence-electron chi connectivity index (χ4n) is 1.52. The zero-order valence-corrected chi connectivity index (χ0v) is 11.4. The maximum atomic E-state index is 11.6. The summed E-state index contributed by atoms with van der Waals surface area (Å²) >= 11 is 3.35. The highest BCUT2D eigenvalue weighted by atomic mass is 79.9. The largest absolute Gasteiger partial charge is 0.409 e. The summed E-state index contributed by atoms with van der Waals surface area (Å²) in [5, 5.41) is 15.5. The lowest BCUT2D eigenvalue weighted by Gasteiger charge is -2.06. The quantitative estimate of drug-likeness (QED) is 0.387. The van der Waals surface area contributed by atoms with Gasteiger partial charge in [-0.1, -0.05) is 33.2 Å². The molecule has 1 heterocycles. The molecular formula is C12H11BrN4O2. The summed E-state index contributed by atoms with van der Waals surface area (Å²) in [7, 11) is 0. The van der Waals surface area contributed by atoms with E-state index in [-0.39, 0.29) is 17.9 Å². The molecule has 0 saturated carbocycles. The first-order valence-electron chi connectivity index (χ1n) is 5.40. The van der Waals surface area contributed by atoms with Gasteiger partial charge in [0.1, 0.15) is 6.54 Å². The minimum atomic E-state index is -0.313. The van der Waals surface area contributed by atoms with Crippen LogP contribution in [-0.2, 0) is 6.54 Å². The van der Waals surface area contributed by atoms with Gasteiger partial charge in [-0.15, -0.1) is 0 Å². The fourth-order valence-corrected chi connectivity index (χ4v) is 1.79. The summed E-state index contributed by atoms with van der Waals surface area (Å²) in [6.07, 6.45) is 0. The highest BCUT2D eigenvalue weighted by Crippen LogP contribution is 2.18. The van der Waals surface area contributed by atoms with Crippen molar-refractivity contribution < 1.29 is 5.21 Å². The summed E-state index contributed by atoms with van der Waals surface area (Å²) in [5.74, 6) is -0.0810.